The molecule has 1 aromatic carbocycles. The van der Waals surface area contributed by atoms with E-state index in [9.17, 15) is 4.39 Å². The molecule has 0 saturated carbocycles. The van der Waals surface area contributed by atoms with Gasteiger partial charge in [0.25, 0.3) is 0 Å². The predicted octanol–water partition coefficient (Wildman–Crippen LogP) is 3.75. The number of rotatable bonds is 6. The van der Waals surface area contributed by atoms with E-state index < -0.39 is 0 Å². The third-order valence-corrected chi connectivity index (χ3v) is 3.92. The van der Waals surface area contributed by atoms with Crippen LogP contribution in [-0.4, -0.2) is 16.3 Å². The Morgan fingerprint density at radius 3 is 2.57 bits per heavy atom. The van der Waals surface area contributed by atoms with Gasteiger partial charge in [-0.25, -0.2) is 4.39 Å². The summed E-state index contributed by atoms with van der Waals surface area (Å²) in [7, 11) is 0. The van der Waals surface area contributed by atoms with Gasteiger partial charge in [0.05, 0.1) is 12.2 Å². The van der Waals surface area contributed by atoms with Crippen LogP contribution in [0.25, 0.3) is 0 Å². The van der Waals surface area contributed by atoms with Gasteiger partial charge in [-0.1, -0.05) is 32.0 Å². The van der Waals surface area contributed by atoms with Crippen molar-refractivity contribution in [3.63, 3.8) is 0 Å². The van der Waals surface area contributed by atoms with Crippen molar-refractivity contribution in [2.45, 2.75) is 46.7 Å². The lowest BCUT2D eigenvalue weighted by Crippen LogP contribution is -2.21. The van der Waals surface area contributed by atoms with E-state index in [1.807, 2.05) is 23.7 Å². The van der Waals surface area contributed by atoms with Gasteiger partial charge >= 0.3 is 0 Å². The Kier molecular flexibility index (Phi) is 5.12. The molecule has 1 heterocycles. The molecular weight excluding hydrogens is 265 g/mol. The molecule has 1 N–H and O–H groups in total. The van der Waals surface area contributed by atoms with Crippen LogP contribution in [0.5, 0.6) is 0 Å². The van der Waals surface area contributed by atoms with Crippen LogP contribution < -0.4 is 5.32 Å². The normalized spacial score (nSPS) is 12.6. The Morgan fingerprint density at radius 1 is 1.24 bits per heavy atom. The molecule has 0 radical (unpaired) electrons. The largest absolute Gasteiger partial charge is 0.310 e. The summed E-state index contributed by atoms with van der Waals surface area (Å²) in [6.07, 6.45) is 1.01. The second kappa shape index (κ2) is 6.85. The quantitative estimate of drug-likeness (QED) is 0.877. The molecule has 2 aromatic rings. The third-order valence-electron chi connectivity index (χ3n) is 3.92. The van der Waals surface area contributed by atoms with Crippen molar-refractivity contribution in [2.24, 2.45) is 0 Å². The van der Waals surface area contributed by atoms with E-state index in [-0.39, 0.29) is 5.82 Å². The van der Waals surface area contributed by atoms with Crippen molar-refractivity contribution in [1.82, 2.24) is 15.1 Å². The molecule has 0 aliphatic rings. The van der Waals surface area contributed by atoms with Gasteiger partial charge in [0.2, 0.25) is 0 Å². The highest BCUT2D eigenvalue weighted by Gasteiger charge is 2.19. The smallest absolute Gasteiger partial charge is 0.128 e. The number of benzene rings is 1. The molecule has 1 unspecified atom stereocenters. The van der Waals surface area contributed by atoms with Crippen LogP contribution in [0.3, 0.4) is 0 Å². The summed E-state index contributed by atoms with van der Waals surface area (Å²) in [6, 6.07) is 7.19. The summed E-state index contributed by atoms with van der Waals surface area (Å²) < 4.78 is 15.7. The summed E-state index contributed by atoms with van der Waals surface area (Å²) in [6.45, 7) is 9.77. The van der Waals surface area contributed by atoms with Crippen LogP contribution in [0.2, 0.25) is 0 Å². The molecule has 0 fully saturated rings. The Labute approximate surface area is 126 Å². The van der Waals surface area contributed by atoms with Crippen molar-refractivity contribution in [3.05, 3.63) is 52.6 Å². The summed E-state index contributed by atoms with van der Waals surface area (Å²) in [5, 5.41) is 8.10. The van der Waals surface area contributed by atoms with Crippen LogP contribution >= 0.6 is 0 Å². The first kappa shape index (κ1) is 15.7. The fraction of sp³-hybridized carbons (Fsp3) is 0.471. The molecule has 1 aromatic heterocycles. The average molecular weight is 289 g/mol. The topological polar surface area (TPSA) is 29.9 Å². The molecule has 3 nitrogen and oxygen atoms in total. The van der Waals surface area contributed by atoms with Crippen molar-refractivity contribution >= 4 is 0 Å². The number of hydrogen-bond donors (Lipinski definition) is 1. The lowest BCUT2D eigenvalue weighted by Gasteiger charge is -2.17. The van der Waals surface area contributed by atoms with Crippen LogP contribution in [0.15, 0.2) is 24.3 Å². The number of hydrogen-bond acceptors (Lipinski definition) is 2. The zero-order valence-electron chi connectivity index (χ0n) is 13.3. The van der Waals surface area contributed by atoms with E-state index in [4.69, 9.17) is 0 Å². The van der Waals surface area contributed by atoms with E-state index in [0.29, 0.717) is 18.2 Å². The minimum Gasteiger partial charge on any atom is -0.310 e. The monoisotopic (exact) mass is 289 g/mol. The Hall–Kier alpha value is -1.68. The molecule has 1 atom stereocenters. The molecule has 0 spiro atoms. The molecule has 0 bridgehead atoms. The number of halogens is 1. The molecule has 0 amide bonds. The molecular formula is C17H24FN3. The minimum absolute atomic E-state index is 0.176. The van der Waals surface area contributed by atoms with Crippen LogP contribution in [-0.2, 0) is 6.54 Å². The van der Waals surface area contributed by atoms with Crippen molar-refractivity contribution in [1.29, 1.82) is 0 Å². The highest BCUT2D eigenvalue weighted by molar-refractivity contribution is 5.29. The van der Waals surface area contributed by atoms with E-state index in [1.54, 1.807) is 6.07 Å². The van der Waals surface area contributed by atoms with E-state index in [2.05, 4.69) is 31.2 Å². The molecule has 2 rings (SSSR count). The van der Waals surface area contributed by atoms with Gasteiger partial charge in [-0.05, 0) is 32.9 Å². The van der Waals surface area contributed by atoms with Gasteiger partial charge in [-0.3, -0.25) is 4.68 Å². The lowest BCUT2D eigenvalue weighted by atomic mass is 10.0. The predicted molar refractivity (Wildman–Crippen MR) is 83.9 cm³/mol. The SMILES string of the molecule is CCNC(CC)c1c(C)nn(Cc2ccccc2F)c1C. The van der Waals surface area contributed by atoms with Gasteiger partial charge in [-0.2, -0.15) is 5.10 Å². The second-order valence-corrected chi connectivity index (χ2v) is 5.35. The first-order valence-electron chi connectivity index (χ1n) is 7.59. The number of nitrogens with zero attached hydrogens (tertiary/aromatic N) is 2. The molecule has 0 aliphatic carbocycles. The molecule has 0 aliphatic heterocycles. The maximum Gasteiger partial charge on any atom is 0.128 e. The first-order chi connectivity index (χ1) is 10.1. The average Bonchev–Trinajstić information content (AvgIpc) is 2.74. The van der Waals surface area contributed by atoms with Crippen molar-refractivity contribution < 1.29 is 4.39 Å². The van der Waals surface area contributed by atoms with Gasteiger partial charge in [-0.15, -0.1) is 0 Å². The van der Waals surface area contributed by atoms with E-state index in [1.165, 1.54) is 11.6 Å². The molecule has 21 heavy (non-hydrogen) atoms. The van der Waals surface area contributed by atoms with Gasteiger partial charge in [0, 0.05) is 22.9 Å². The van der Waals surface area contributed by atoms with Crippen molar-refractivity contribution in [2.75, 3.05) is 6.54 Å². The molecule has 0 saturated heterocycles. The van der Waals surface area contributed by atoms with E-state index in [0.717, 1.165) is 24.4 Å². The highest BCUT2D eigenvalue weighted by atomic mass is 19.1. The first-order valence-corrected chi connectivity index (χ1v) is 7.59. The molecule has 114 valence electrons. The Morgan fingerprint density at radius 2 is 1.95 bits per heavy atom. The number of aromatic nitrogens is 2. The van der Waals surface area contributed by atoms with Crippen LogP contribution in [0.4, 0.5) is 4.39 Å². The fourth-order valence-corrected chi connectivity index (χ4v) is 2.85. The third kappa shape index (κ3) is 3.32. The van der Waals surface area contributed by atoms with Crippen LogP contribution in [0, 0.1) is 19.7 Å². The molecule has 4 heteroatoms. The van der Waals surface area contributed by atoms with Gasteiger partial charge in [0.15, 0.2) is 0 Å². The zero-order chi connectivity index (χ0) is 15.4. The van der Waals surface area contributed by atoms with E-state index >= 15 is 0 Å². The Balaban J connectivity index is 2.33. The van der Waals surface area contributed by atoms with Crippen molar-refractivity contribution in [3.8, 4) is 0 Å². The second-order valence-electron chi connectivity index (χ2n) is 5.35. The summed E-state index contributed by atoms with van der Waals surface area (Å²) in [5.41, 5.74) is 4.06. The summed E-state index contributed by atoms with van der Waals surface area (Å²) >= 11 is 0. The number of nitrogens with one attached hydrogen (secondary N) is 1. The maximum atomic E-state index is 13.8. The summed E-state index contributed by atoms with van der Waals surface area (Å²) in [5.74, 6) is -0.176. The highest BCUT2D eigenvalue weighted by Crippen LogP contribution is 2.24. The summed E-state index contributed by atoms with van der Waals surface area (Å²) in [4.78, 5) is 0. The number of aryl methyl sites for hydroxylation is 1. The Bertz CT molecular complexity index is 604. The maximum absolute atomic E-state index is 13.8. The standard InChI is InChI=1S/C17H24FN3/c1-5-16(19-6-2)17-12(3)20-21(13(17)4)11-14-9-7-8-10-15(14)18/h7-10,16,19H,5-6,11H2,1-4H3. The lowest BCUT2D eigenvalue weighted by molar-refractivity contribution is 0.530. The van der Waals surface area contributed by atoms with Gasteiger partial charge in [0.1, 0.15) is 5.82 Å². The minimum atomic E-state index is -0.176. The van der Waals surface area contributed by atoms with Crippen LogP contribution in [0.1, 0.15) is 48.8 Å². The van der Waals surface area contributed by atoms with Gasteiger partial charge < -0.3 is 5.32 Å². The zero-order valence-corrected chi connectivity index (χ0v) is 13.3. The fourth-order valence-electron chi connectivity index (χ4n) is 2.85.